The summed E-state index contributed by atoms with van der Waals surface area (Å²) in [6.45, 7) is 0.739. The molecule has 0 aromatic carbocycles. The van der Waals surface area contributed by atoms with E-state index < -0.39 is 10.8 Å². The van der Waals surface area contributed by atoms with E-state index in [2.05, 4.69) is 0 Å². The predicted octanol–water partition coefficient (Wildman–Crippen LogP) is 2.98. The van der Waals surface area contributed by atoms with Gasteiger partial charge in [-0.05, 0) is 38.1 Å². The Balaban J connectivity index is 1.98. The van der Waals surface area contributed by atoms with Gasteiger partial charge in [0.15, 0.2) is 0 Å². The zero-order chi connectivity index (χ0) is 12.1. The normalized spacial score (nSPS) is 34.2. The third kappa shape index (κ3) is 3.54. The van der Waals surface area contributed by atoms with Crippen LogP contribution in [0.1, 0.15) is 64.2 Å². The number of nitrogens with two attached hydrogens (primary N) is 1. The van der Waals surface area contributed by atoms with Crippen LogP contribution in [0, 0.1) is 5.92 Å². The maximum Gasteiger partial charge on any atom is 0.0391 e. The van der Waals surface area contributed by atoms with Gasteiger partial charge in [0.2, 0.25) is 0 Å². The van der Waals surface area contributed by atoms with Gasteiger partial charge in [-0.1, -0.05) is 38.5 Å². The number of hydrogen-bond donors (Lipinski definition) is 1. The van der Waals surface area contributed by atoms with Gasteiger partial charge < -0.3 is 5.73 Å². The quantitative estimate of drug-likeness (QED) is 0.790. The largest absolute Gasteiger partial charge is 0.330 e. The molecule has 0 amide bonds. The molecule has 0 bridgehead atoms. The van der Waals surface area contributed by atoms with E-state index in [4.69, 9.17) is 5.73 Å². The van der Waals surface area contributed by atoms with E-state index in [0.717, 1.165) is 13.0 Å². The first-order chi connectivity index (χ1) is 8.33. The van der Waals surface area contributed by atoms with Crippen LogP contribution in [-0.2, 0) is 10.8 Å². The maximum atomic E-state index is 12.7. The van der Waals surface area contributed by atoms with Gasteiger partial charge in [0.05, 0.1) is 0 Å². The lowest BCUT2D eigenvalue weighted by atomic mass is 10.00. The molecular weight excluding hydrogens is 230 g/mol. The molecule has 2 nitrogen and oxygen atoms in total. The van der Waals surface area contributed by atoms with E-state index in [1.54, 1.807) is 0 Å². The molecule has 2 saturated carbocycles. The van der Waals surface area contributed by atoms with E-state index in [-0.39, 0.29) is 0 Å². The minimum atomic E-state index is -0.614. The molecule has 2 rings (SSSR count). The summed E-state index contributed by atoms with van der Waals surface area (Å²) in [5, 5.41) is 0.895. The second-order valence-corrected chi connectivity index (χ2v) is 7.69. The van der Waals surface area contributed by atoms with Crippen molar-refractivity contribution < 1.29 is 4.21 Å². The Kier molecular flexibility index (Phi) is 5.49. The second kappa shape index (κ2) is 6.89. The zero-order valence-electron chi connectivity index (χ0n) is 10.9. The first kappa shape index (κ1) is 13.5. The van der Waals surface area contributed by atoms with Crippen molar-refractivity contribution in [1.82, 2.24) is 0 Å². The van der Waals surface area contributed by atoms with E-state index in [1.165, 1.54) is 57.8 Å². The standard InChI is InChI=1S/C14H27NOS/c15-11-12-7-3-1-6-10-14(12)17(16)13-8-4-2-5-9-13/h12-14H,1-11,15H2. The first-order valence-electron chi connectivity index (χ1n) is 7.42. The molecule has 3 heteroatoms. The Morgan fingerprint density at radius 2 is 1.47 bits per heavy atom. The monoisotopic (exact) mass is 257 g/mol. The van der Waals surface area contributed by atoms with Crippen molar-refractivity contribution >= 4 is 10.8 Å². The summed E-state index contributed by atoms with van der Waals surface area (Å²) < 4.78 is 12.7. The highest BCUT2D eigenvalue weighted by Gasteiger charge is 2.32. The summed E-state index contributed by atoms with van der Waals surface area (Å²) in [7, 11) is -0.614. The van der Waals surface area contributed by atoms with Crippen LogP contribution in [0.2, 0.25) is 0 Å². The summed E-state index contributed by atoms with van der Waals surface area (Å²) in [4.78, 5) is 0. The smallest absolute Gasteiger partial charge is 0.0391 e. The molecule has 0 aromatic heterocycles. The predicted molar refractivity (Wildman–Crippen MR) is 74.4 cm³/mol. The van der Waals surface area contributed by atoms with Crippen molar-refractivity contribution in [3.05, 3.63) is 0 Å². The molecule has 3 unspecified atom stereocenters. The summed E-state index contributed by atoms with van der Waals surface area (Å²) in [5.74, 6) is 0.528. The SMILES string of the molecule is NCC1CCCCCC1S(=O)C1CCCCC1. The zero-order valence-corrected chi connectivity index (χ0v) is 11.7. The fraction of sp³-hybridized carbons (Fsp3) is 1.00. The van der Waals surface area contributed by atoms with Gasteiger partial charge in [0.25, 0.3) is 0 Å². The minimum absolute atomic E-state index is 0.408. The Morgan fingerprint density at radius 3 is 2.12 bits per heavy atom. The van der Waals surface area contributed by atoms with Crippen LogP contribution in [0.5, 0.6) is 0 Å². The molecule has 0 saturated heterocycles. The minimum Gasteiger partial charge on any atom is -0.330 e. The van der Waals surface area contributed by atoms with Crippen LogP contribution < -0.4 is 5.73 Å². The van der Waals surface area contributed by atoms with Crippen LogP contribution in [0.3, 0.4) is 0 Å². The number of rotatable bonds is 3. The Labute approximate surface area is 108 Å². The van der Waals surface area contributed by atoms with Crippen molar-refractivity contribution in [2.75, 3.05) is 6.54 Å². The lowest BCUT2D eigenvalue weighted by Gasteiger charge is -2.29. The van der Waals surface area contributed by atoms with Crippen LogP contribution in [0.4, 0.5) is 0 Å². The van der Waals surface area contributed by atoms with Crippen LogP contribution in [0.25, 0.3) is 0 Å². The molecule has 0 aromatic rings. The average Bonchev–Trinajstić information content (AvgIpc) is 2.64. The molecule has 0 radical (unpaired) electrons. The van der Waals surface area contributed by atoms with Crippen LogP contribution in [-0.4, -0.2) is 21.3 Å². The van der Waals surface area contributed by atoms with Gasteiger partial charge in [0, 0.05) is 21.3 Å². The molecule has 3 atom stereocenters. The number of hydrogen-bond acceptors (Lipinski definition) is 2. The fourth-order valence-corrected chi connectivity index (χ4v) is 5.79. The van der Waals surface area contributed by atoms with Gasteiger partial charge in [-0.25, -0.2) is 0 Å². The summed E-state index contributed by atoms with van der Waals surface area (Å²) in [6, 6.07) is 0. The van der Waals surface area contributed by atoms with Gasteiger partial charge in [-0.15, -0.1) is 0 Å². The molecule has 2 N–H and O–H groups in total. The molecule has 0 spiro atoms. The second-order valence-electron chi connectivity index (χ2n) is 5.76. The van der Waals surface area contributed by atoms with Gasteiger partial charge in [-0.2, -0.15) is 0 Å². The van der Waals surface area contributed by atoms with E-state index in [0.29, 0.717) is 16.4 Å². The molecular formula is C14H27NOS. The fourth-order valence-electron chi connectivity index (χ4n) is 3.47. The van der Waals surface area contributed by atoms with Crippen molar-refractivity contribution in [3.63, 3.8) is 0 Å². The van der Waals surface area contributed by atoms with Gasteiger partial charge in [-0.3, -0.25) is 4.21 Å². The van der Waals surface area contributed by atoms with E-state index >= 15 is 0 Å². The maximum absolute atomic E-state index is 12.7. The van der Waals surface area contributed by atoms with Crippen molar-refractivity contribution in [1.29, 1.82) is 0 Å². The highest BCUT2D eigenvalue weighted by atomic mass is 32.2. The Morgan fingerprint density at radius 1 is 0.882 bits per heavy atom. The molecule has 2 aliphatic rings. The third-order valence-electron chi connectivity index (χ3n) is 4.57. The Hall–Kier alpha value is 0.110. The van der Waals surface area contributed by atoms with Crippen LogP contribution in [0.15, 0.2) is 0 Å². The average molecular weight is 257 g/mol. The van der Waals surface area contributed by atoms with Crippen molar-refractivity contribution in [2.24, 2.45) is 11.7 Å². The highest BCUT2D eigenvalue weighted by Crippen LogP contribution is 2.32. The molecule has 100 valence electrons. The Bertz CT molecular complexity index is 251. The van der Waals surface area contributed by atoms with E-state index in [1.807, 2.05) is 0 Å². The van der Waals surface area contributed by atoms with Crippen LogP contribution >= 0.6 is 0 Å². The third-order valence-corrected chi connectivity index (χ3v) is 6.92. The summed E-state index contributed by atoms with van der Waals surface area (Å²) >= 11 is 0. The highest BCUT2D eigenvalue weighted by molar-refractivity contribution is 7.86. The first-order valence-corrected chi connectivity index (χ1v) is 8.70. The molecule has 2 fully saturated rings. The van der Waals surface area contributed by atoms with Crippen molar-refractivity contribution in [2.45, 2.75) is 74.7 Å². The lowest BCUT2D eigenvalue weighted by Crippen LogP contribution is -2.36. The topological polar surface area (TPSA) is 43.1 Å². The van der Waals surface area contributed by atoms with E-state index in [9.17, 15) is 4.21 Å². The summed E-state index contributed by atoms with van der Waals surface area (Å²) in [6.07, 6.45) is 12.5. The molecule has 17 heavy (non-hydrogen) atoms. The molecule has 0 aliphatic heterocycles. The lowest BCUT2D eigenvalue weighted by molar-refractivity contribution is 0.457. The van der Waals surface area contributed by atoms with Crippen molar-refractivity contribution in [3.8, 4) is 0 Å². The molecule has 0 heterocycles. The van der Waals surface area contributed by atoms with Gasteiger partial charge >= 0.3 is 0 Å². The molecule has 2 aliphatic carbocycles. The summed E-state index contributed by atoms with van der Waals surface area (Å²) in [5.41, 5.74) is 5.90. The van der Waals surface area contributed by atoms with Gasteiger partial charge in [0.1, 0.15) is 0 Å².